The largest absolute Gasteiger partial charge is 0.444 e. The number of carbonyl (C=O) groups is 2. The van der Waals surface area contributed by atoms with Crippen LogP contribution in [-0.2, 0) is 9.53 Å². The highest BCUT2D eigenvalue weighted by Gasteiger charge is 2.40. The molecule has 31 heavy (non-hydrogen) atoms. The fourth-order valence-corrected chi connectivity index (χ4v) is 5.07. The van der Waals surface area contributed by atoms with Gasteiger partial charge < -0.3 is 25.6 Å². The summed E-state index contributed by atoms with van der Waals surface area (Å²) in [5.41, 5.74) is -0.483. The first-order valence-corrected chi connectivity index (χ1v) is 11.9. The van der Waals surface area contributed by atoms with Gasteiger partial charge in [-0.25, -0.2) is 9.79 Å². The van der Waals surface area contributed by atoms with Crippen LogP contribution in [0.5, 0.6) is 0 Å². The van der Waals surface area contributed by atoms with E-state index < -0.39 is 5.60 Å². The van der Waals surface area contributed by atoms with Crippen LogP contribution in [0.15, 0.2) is 4.99 Å². The number of nitrogens with zero attached hydrogens (tertiary/aromatic N) is 2. The fourth-order valence-electron chi connectivity index (χ4n) is 5.07. The molecule has 3 fully saturated rings. The number of guanidine groups is 1. The number of likely N-dealkylation sites (N-methyl/N-ethyl adjacent to an activating group) is 1. The van der Waals surface area contributed by atoms with Gasteiger partial charge in [0.15, 0.2) is 5.96 Å². The van der Waals surface area contributed by atoms with Crippen LogP contribution < -0.4 is 16.0 Å². The van der Waals surface area contributed by atoms with Crippen molar-refractivity contribution in [3.8, 4) is 0 Å². The maximum Gasteiger partial charge on any atom is 0.407 e. The van der Waals surface area contributed by atoms with Crippen LogP contribution in [0.1, 0.15) is 72.1 Å². The maximum absolute atomic E-state index is 12.1. The third kappa shape index (κ3) is 7.28. The molecule has 2 bridgehead atoms. The summed E-state index contributed by atoms with van der Waals surface area (Å²) in [4.78, 5) is 30.3. The summed E-state index contributed by atoms with van der Waals surface area (Å²) in [6.07, 6.45) is 8.53. The zero-order chi connectivity index (χ0) is 22.6. The van der Waals surface area contributed by atoms with E-state index in [2.05, 4.69) is 20.9 Å². The number of ether oxygens (including phenoxy) is 1. The molecule has 3 unspecified atom stereocenters. The molecule has 2 amide bonds. The van der Waals surface area contributed by atoms with Crippen LogP contribution in [0.4, 0.5) is 4.79 Å². The number of nitrogens with one attached hydrogen (secondary N) is 3. The molecule has 0 radical (unpaired) electrons. The summed E-state index contributed by atoms with van der Waals surface area (Å²) in [6, 6.07) is 0.891. The number of hydrogen-bond donors (Lipinski definition) is 3. The maximum atomic E-state index is 12.1. The van der Waals surface area contributed by atoms with Crippen LogP contribution in [0, 0.1) is 11.8 Å². The number of fused-ring (bicyclic) bond motifs is 2. The van der Waals surface area contributed by atoms with Crippen molar-refractivity contribution in [3.63, 3.8) is 0 Å². The van der Waals surface area contributed by atoms with Gasteiger partial charge in [0.1, 0.15) is 12.1 Å². The minimum absolute atomic E-state index is 0.000637. The average Bonchev–Trinajstić information content (AvgIpc) is 3.28. The Bertz CT molecular complexity index is 665. The van der Waals surface area contributed by atoms with Crippen molar-refractivity contribution in [2.75, 3.05) is 20.6 Å². The molecule has 0 aliphatic heterocycles. The topological polar surface area (TPSA) is 95.1 Å². The summed E-state index contributed by atoms with van der Waals surface area (Å²) in [5.74, 6) is 2.34. The predicted molar refractivity (Wildman–Crippen MR) is 122 cm³/mol. The summed E-state index contributed by atoms with van der Waals surface area (Å²) in [7, 11) is 3.51. The molecule has 8 heteroatoms. The molecule has 3 aliphatic carbocycles. The first kappa shape index (κ1) is 23.7. The van der Waals surface area contributed by atoms with Crippen molar-refractivity contribution in [1.82, 2.24) is 20.9 Å². The molecule has 0 heterocycles. The van der Waals surface area contributed by atoms with Crippen LogP contribution >= 0.6 is 0 Å². The minimum Gasteiger partial charge on any atom is -0.444 e. The Morgan fingerprint density at radius 3 is 2.10 bits per heavy atom. The van der Waals surface area contributed by atoms with Crippen LogP contribution in [-0.4, -0.2) is 67.2 Å². The van der Waals surface area contributed by atoms with Gasteiger partial charge >= 0.3 is 6.09 Å². The van der Waals surface area contributed by atoms with E-state index in [1.807, 2.05) is 20.8 Å². The molecule has 0 aromatic rings. The van der Waals surface area contributed by atoms with Crippen molar-refractivity contribution >= 4 is 18.0 Å². The third-order valence-electron chi connectivity index (χ3n) is 6.72. The summed E-state index contributed by atoms with van der Waals surface area (Å²) in [5, 5.41) is 10.2. The summed E-state index contributed by atoms with van der Waals surface area (Å²) < 4.78 is 5.37. The number of rotatable bonds is 5. The minimum atomic E-state index is -0.483. The second-order valence-electron chi connectivity index (χ2n) is 10.7. The summed E-state index contributed by atoms with van der Waals surface area (Å²) >= 11 is 0. The Morgan fingerprint density at radius 2 is 1.58 bits per heavy atom. The zero-order valence-corrected chi connectivity index (χ0v) is 19.9. The highest BCUT2D eigenvalue weighted by Crippen LogP contribution is 2.44. The van der Waals surface area contributed by atoms with E-state index in [-0.39, 0.29) is 30.6 Å². The molecule has 3 aliphatic rings. The molecule has 3 atom stereocenters. The second kappa shape index (κ2) is 10.1. The lowest BCUT2D eigenvalue weighted by molar-refractivity contribution is -0.127. The average molecular weight is 436 g/mol. The first-order chi connectivity index (χ1) is 14.6. The molecule has 8 nitrogen and oxygen atoms in total. The first-order valence-electron chi connectivity index (χ1n) is 11.9. The number of alkyl carbamates (subject to hydrolysis) is 1. The molecule has 0 spiro atoms. The molecule has 3 rings (SSSR count). The van der Waals surface area contributed by atoms with E-state index in [1.54, 1.807) is 19.0 Å². The van der Waals surface area contributed by atoms with E-state index in [9.17, 15) is 9.59 Å². The molecule has 0 saturated heterocycles. The summed E-state index contributed by atoms with van der Waals surface area (Å²) in [6.45, 7) is 5.77. The van der Waals surface area contributed by atoms with Crippen molar-refractivity contribution in [1.29, 1.82) is 0 Å². The Morgan fingerprint density at radius 1 is 0.935 bits per heavy atom. The van der Waals surface area contributed by atoms with Gasteiger partial charge in [0.05, 0.1) is 0 Å². The normalized spacial score (nSPS) is 30.6. The highest BCUT2D eigenvalue weighted by molar-refractivity contribution is 5.85. The molecule has 0 aromatic carbocycles. The quantitative estimate of drug-likeness (QED) is 0.456. The second-order valence-corrected chi connectivity index (χ2v) is 10.7. The van der Waals surface area contributed by atoms with Crippen molar-refractivity contribution in [2.24, 2.45) is 16.8 Å². The van der Waals surface area contributed by atoms with Crippen molar-refractivity contribution in [2.45, 2.75) is 95.9 Å². The van der Waals surface area contributed by atoms with Crippen molar-refractivity contribution in [3.05, 3.63) is 0 Å². The Hall–Kier alpha value is -1.99. The smallest absolute Gasteiger partial charge is 0.407 e. The Balaban J connectivity index is 1.50. The van der Waals surface area contributed by atoms with Gasteiger partial charge in [0, 0.05) is 32.2 Å². The van der Waals surface area contributed by atoms with Gasteiger partial charge in [-0.1, -0.05) is 6.42 Å². The Kier molecular flexibility index (Phi) is 7.70. The van der Waals surface area contributed by atoms with Gasteiger partial charge in [-0.2, -0.15) is 0 Å². The monoisotopic (exact) mass is 435 g/mol. The molecule has 3 N–H and O–H groups in total. The van der Waals surface area contributed by atoms with Crippen molar-refractivity contribution < 1.29 is 14.3 Å². The van der Waals surface area contributed by atoms with Crippen LogP contribution in [0.2, 0.25) is 0 Å². The highest BCUT2D eigenvalue weighted by atomic mass is 16.6. The molecular formula is C23H41N5O3. The standard InChI is InChI=1S/C23H41N5O3/c1-23(2,3)31-22(30)26-18-10-8-17(9-11-18)25-21(24-14-20(29)28(4)5)27-19-13-15-6-7-16(19)12-15/h15-19H,6-14H2,1-5H3,(H,26,30)(H2,24,25,27). The zero-order valence-electron chi connectivity index (χ0n) is 19.9. The fraction of sp³-hybridized carbons (Fsp3) is 0.870. The molecular weight excluding hydrogens is 394 g/mol. The van der Waals surface area contributed by atoms with Crippen LogP contribution in [0.3, 0.4) is 0 Å². The van der Waals surface area contributed by atoms with E-state index in [4.69, 9.17) is 4.74 Å². The van der Waals surface area contributed by atoms with E-state index in [0.29, 0.717) is 6.04 Å². The SMILES string of the molecule is CN(C)C(=O)CN=C(NC1CCC(NC(=O)OC(C)(C)C)CC1)NC1CC2CCC1C2. The van der Waals surface area contributed by atoms with E-state index in [0.717, 1.165) is 43.5 Å². The third-order valence-corrected chi connectivity index (χ3v) is 6.72. The Labute approximate surface area is 186 Å². The predicted octanol–water partition coefficient (Wildman–Crippen LogP) is 2.63. The van der Waals surface area contributed by atoms with E-state index >= 15 is 0 Å². The molecule has 3 saturated carbocycles. The van der Waals surface area contributed by atoms with Gasteiger partial charge in [-0.05, 0) is 77.6 Å². The van der Waals surface area contributed by atoms with Gasteiger partial charge in [0.2, 0.25) is 5.91 Å². The van der Waals surface area contributed by atoms with Crippen LogP contribution in [0.25, 0.3) is 0 Å². The molecule has 176 valence electrons. The van der Waals surface area contributed by atoms with Gasteiger partial charge in [0.25, 0.3) is 0 Å². The number of amides is 2. The molecule has 0 aromatic heterocycles. The lowest BCUT2D eigenvalue weighted by atomic mass is 9.91. The number of carbonyl (C=O) groups excluding carboxylic acids is 2. The lowest BCUT2D eigenvalue weighted by Gasteiger charge is -2.32. The lowest BCUT2D eigenvalue weighted by Crippen LogP contribution is -2.51. The number of aliphatic imine (C=N–C) groups is 1. The number of hydrogen-bond acceptors (Lipinski definition) is 4. The van der Waals surface area contributed by atoms with Gasteiger partial charge in [-0.15, -0.1) is 0 Å². The van der Waals surface area contributed by atoms with Gasteiger partial charge in [-0.3, -0.25) is 4.79 Å². The van der Waals surface area contributed by atoms with E-state index in [1.165, 1.54) is 25.7 Å².